The maximum Gasteiger partial charge on any atom is 0.418 e. The van der Waals surface area contributed by atoms with Gasteiger partial charge in [-0.15, -0.1) is 0 Å². The minimum Gasteiger partial charge on any atom is -0.371 e. The van der Waals surface area contributed by atoms with E-state index in [0.717, 1.165) is 12.5 Å². The molecule has 0 N–H and O–H groups in total. The number of anilines is 1. The number of hydrogen-bond donors (Lipinski definition) is 0. The highest BCUT2D eigenvalue weighted by atomic mass is 19.4. The standard InChI is InChI=1S/C13H14F3NO/c1-9-4-5-17(7-9)12-3-2-10(8-18)6-11(12)13(14,15)16/h2-3,6,8-9H,4-5,7H2,1H3. The number of carbonyl (C=O) groups is 1. The first-order valence-corrected chi connectivity index (χ1v) is 5.83. The fourth-order valence-corrected chi connectivity index (χ4v) is 2.28. The Morgan fingerprint density at radius 3 is 2.61 bits per heavy atom. The Labute approximate surface area is 103 Å². The van der Waals surface area contributed by atoms with Gasteiger partial charge in [-0.25, -0.2) is 0 Å². The molecule has 1 aromatic carbocycles. The third-order valence-corrected chi connectivity index (χ3v) is 3.23. The number of halogens is 3. The quantitative estimate of drug-likeness (QED) is 0.757. The molecule has 2 rings (SSSR count). The predicted molar refractivity (Wildman–Crippen MR) is 62.8 cm³/mol. The molecule has 1 saturated heterocycles. The summed E-state index contributed by atoms with van der Waals surface area (Å²) in [6.07, 6.45) is -3.10. The molecule has 0 radical (unpaired) electrons. The molecule has 1 unspecified atom stereocenters. The summed E-state index contributed by atoms with van der Waals surface area (Å²) < 4.78 is 38.9. The molecule has 0 aromatic heterocycles. The minimum atomic E-state index is -4.43. The van der Waals surface area contributed by atoms with Gasteiger partial charge >= 0.3 is 6.18 Å². The van der Waals surface area contributed by atoms with Gasteiger partial charge in [0.2, 0.25) is 0 Å². The van der Waals surface area contributed by atoms with Gasteiger partial charge in [-0.3, -0.25) is 4.79 Å². The van der Waals surface area contributed by atoms with E-state index in [0.29, 0.717) is 25.3 Å². The van der Waals surface area contributed by atoms with E-state index in [1.54, 1.807) is 4.90 Å². The van der Waals surface area contributed by atoms with E-state index in [1.807, 2.05) is 6.92 Å². The van der Waals surface area contributed by atoms with E-state index in [4.69, 9.17) is 0 Å². The molecular weight excluding hydrogens is 243 g/mol. The molecule has 2 nitrogen and oxygen atoms in total. The molecule has 1 aliphatic rings. The van der Waals surface area contributed by atoms with Crippen molar-refractivity contribution in [1.29, 1.82) is 0 Å². The largest absolute Gasteiger partial charge is 0.418 e. The number of hydrogen-bond acceptors (Lipinski definition) is 2. The van der Waals surface area contributed by atoms with Crippen LogP contribution in [0.1, 0.15) is 29.3 Å². The molecule has 0 amide bonds. The lowest BCUT2D eigenvalue weighted by Gasteiger charge is -2.23. The van der Waals surface area contributed by atoms with Crippen LogP contribution in [0, 0.1) is 5.92 Å². The van der Waals surface area contributed by atoms with Crippen molar-refractivity contribution >= 4 is 12.0 Å². The second-order valence-electron chi connectivity index (χ2n) is 4.73. The van der Waals surface area contributed by atoms with Crippen LogP contribution in [0.15, 0.2) is 18.2 Å². The Bertz CT molecular complexity index is 456. The van der Waals surface area contributed by atoms with Crippen molar-refractivity contribution in [3.05, 3.63) is 29.3 Å². The summed E-state index contributed by atoms with van der Waals surface area (Å²) in [7, 11) is 0. The van der Waals surface area contributed by atoms with Gasteiger partial charge in [0, 0.05) is 24.3 Å². The Balaban J connectivity index is 2.43. The lowest BCUT2D eigenvalue weighted by Crippen LogP contribution is -2.23. The van der Waals surface area contributed by atoms with Gasteiger partial charge in [0.1, 0.15) is 6.29 Å². The van der Waals surface area contributed by atoms with Crippen LogP contribution < -0.4 is 4.90 Å². The first-order chi connectivity index (χ1) is 8.41. The summed E-state index contributed by atoms with van der Waals surface area (Å²) in [5.74, 6) is 0.400. The van der Waals surface area contributed by atoms with Crippen LogP contribution >= 0.6 is 0 Å². The fourth-order valence-electron chi connectivity index (χ4n) is 2.28. The SMILES string of the molecule is CC1CCN(c2ccc(C=O)cc2C(F)(F)F)C1. The number of carbonyl (C=O) groups excluding carboxylic acids is 1. The smallest absolute Gasteiger partial charge is 0.371 e. The van der Waals surface area contributed by atoms with Crippen LogP contribution in [-0.4, -0.2) is 19.4 Å². The van der Waals surface area contributed by atoms with Crippen molar-refractivity contribution in [1.82, 2.24) is 0 Å². The van der Waals surface area contributed by atoms with E-state index >= 15 is 0 Å². The maximum absolute atomic E-state index is 13.0. The normalized spacial score (nSPS) is 20.2. The molecule has 0 spiro atoms. The number of alkyl halides is 3. The van der Waals surface area contributed by atoms with Crippen molar-refractivity contribution in [2.75, 3.05) is 18.0 Å². The molecule has 0 aliphatic carbocycles. The molecule has 18 heavy (non-hydrogen) atoms. The number of benzene rings is 1. The predicted octanol–water partition coefficient (Wildman–Crippen LogP) is 3.36. The lowest BCUT2D eigenvalue weighted by molar-refractivity contribution is -0.137. The maximum atomic E-state index is 13.0. The van der Waals surface area contributed by atoms with Gasteiger partial charge in [-0.2, -0.15) is 13.2 Å². The van der Waals surface area contributed by atoms with E-state index in [-0.39, 0.29) is 11.3 Å². The van der Waals surface area contributed by atoms with Gasteiger partial charge in [0.05, 0.1) is 5.56 Å². The highest BCUT2D eigenvalue weighted by molar-refractivity contribution is 5.77. The van der Waals surface area contributed by atoms with Crippen LogP contribution in [0.25, 0.3) is 0 Å². The van der Waals surface area contributed by atoms with E-state index in [1.165, 1.54) is 12.1 Å². The topological polar surface area (TPSA) is 20.3 Å². The van der Waals surface area contributed by atoms with Crippen LogP contribution in [0.4, 0.5) is 18.9 Å². The molecule has 0 bridgehead atoms. The van der Waals surface area contributed by atoms with Gasteiger partial charge in [0.15, 0.2) is 0 Å². The summed E-state index contributed by atoms with van der Waals surface area (Å²) >= 11 is 0. The second-order valence-corrected chi connectivity index (χ2v) is 4.73. The van der Waals surface area contributed by atoms with E-state index < -0.39 is 11.7 Å². The number of nitrogens with zero attached hydrogens (tertiary/aromatic N) is 1. The highest BCUT2D eigenvalue weighted by Crippen LogP contribution is 2.38. The third kappa shape index (κ3) is 2.49. The monoisotopic (exact) mass is 257 g/mol. The summed E-state index contributed by atoms with van der Waals surface area (Å²) in [6.45, 7) is 3.28. The zero-order chi connectivity index (χ0) is 13.3. The Kier molecular flexibility index (Phi) is 3.32. The summed E-state index contributed by atoms with van der Waals surface area (Å²) in [5, 5.41) is 0. The fraction of sp³-hybridized carbons (Fsp3) is 0.462. The second kappa shape index (κ2) is 4.63. The van der Waals surface area contributed by atoms with Gasteiger partial charge in [-0.05, 0) is 30.5 Å². The Hall–Kier alpha value is -1.52. The van der Waals surface area contributed by atoms with Crippen LogP contribution in [0.5, 0.6) is 0 Å². The molecule has 1 aliphatic heterocycles. The van der Waals surface area contributed by atoms with Crippen molar-refractivity contribution < 1.29 is 18.0 Å². The average molecular weight is 257 g/mol. The van der Waals surface area contributed by atoms with Gasteiger partial charge in [-0.1, -0.05) is 6.92 Å². The molecule has 1 fully saturated rings. The zero-order valence-electron chi connectivity index (χ0n) is 10.00. The first kappa shape index (κ1) is 12.9. The van der Waals surface area contributed by atoms with Crippen molar-refractivity contribution in [2.45, 2.75) is 19.5 Å². The molecule has 1 atom stereocenters. The molecule has 1 aromatic rings. The van der Waals surface area contributed by atoms with Gasteiger partial charge < -0.3 is 4.90 Å². The van der Waals surface area contributed by atoms with Crippen molar-refractivity contribution in [3.8, 4) is 0 Å². The summed E-state index contributed by atoms with van der Waals surface area (Å²) in [6, 6.07) is 3.75. The van der Waals surface area contributed by atoms with Crippen LogP contribution in [0.2, 0.25) is 0 Å². The zero-order valence-corrected chi connectivity index (χ0v) is 10.00. The summed E-state index contributed by atoms with van der Waals surface area (Å²) in [5.41, 5.74) is -0.489. The van der Waals surface area contributed by atoms with Gasteiger partial charge in [0.25, 0.3) is 0 Å². The van der Waals surface area contributed by atoms with Crippen molar-refractivity contribution in [2.24, 2.45) is 5.92 Å². The molecule has 5 heteroatoms. The third-order valence-electron chi connectivity index (χ3n) is 3.23. The molecule has 98 valence electrons. The first-order valence-electron chi connectivity index (χ1n) is 5.83. The average Bonchev–Trinajstić information content (AvgIpc) is 2.74. The molecule has 1 heterocycles. The molecular formula is C13H14F3NO. The number of aldehydes is 1. The minimum absolute atomic E-state index is 0.0540. The lowest BCUT2D eigenvalue weighted by atomic mass is 10.1. The van der Waals surface area contributed by atoms with Crippen LogP contribution in [0.3, 0.4) is 0 Å². The van der Waals surface area contributed by atoms with Crippen molar-refractivity contribution in [3.63, 3.8) is 0 Å². The van der Waals surface area contributed by atoms with E-state index in [2.05, 4.69) is 0 Å². The molecule has 0 saturated carbocycles. The van der Waals surface area contributed by atoms with Crippen LogP contribution in [-0.2, 0) is 6.18 Å². The Morgan fingerprint density at radius 1 is 1.39 bits per heavy atom. The Morgan fingerprint density at radius 2 is 2.11 bits per heavy atom. The highest BCUT2D eigenvalue weighted by Gasteiger charge is 2.36. The number of rotatable bonds is 2. The summed E-state index contributed by atoms with van der Waals surface area (Å²) in [4.78, 5) is 12.3. The van der Waals surface area contributed by atoms with E-state index in [9.17, 15) is 18.0 Å².